The van der Waals surface area contributed by atoms with Gasteiger partial charge in [-0.05, 0) is 12.7 Å². The summed E-state index contributed by atoms with van der Waals surface area (Å²) in [7, 11) is 0. The van der Waals surface area contributed by atoms with Crippen molar-refractivity contribution in [1.29, 1.82) is 0 Å². The van der Waals surface area contributed by atoms with Gasteiger partial charge in [-0.1, -0.05) is 6.92 Å². The van der Waals surface area contributed by atoms with Crippen molar-refractivity contribution in [1.82, 2.24) is 15.5 Å². The summed E-state index contributed by atoms with van der Waals surface area (Å²) in [5, 5.41) is 13.4. The van der Waals surface area contributed by atoms with Gasteiger partial charge in [0, 0.05) is 32.5 Å². The second-order valence-electron chi connectivity index (χ2n) is 5.93. The topological polar surface area (TPSA) is 134 Å². The average Bonchev–Trinajstić information content (AvgIpc) is 2.98. The number of carbonyl (C=O) groups is 4. The maximum absolute atomic E-state index is 11.4. The third kappa shape index (κ3) is 13.2. The predicted octanol–water partition coefficient (Wildman–Crippen LogP) is -0.849. The molecule has 10 nitrogen and oxygen atoms in total. The van der Waals surface area contributed by atoms with Crippen molar-refractivity contribution in [2.45, 2.75) is 31.4 Å². The van der Waals surface area contributed by atoms with Crippen LogP contribution >= 0.6 is 11.8 Å². The molecule has 1 aliphatic rings. The first-order valence-electron chi connectivity index (χ1n) is 9.58. The molecule has 1 fully saturated rings. The Balaban J connectivity index is 0.000000571. The number of hydrogen-bond donors (Lipinski definition) is 3. The van der Waals surface area contributed by atoms with Gasteiger partial charge in [-0.25, -0.2) is 0 Å². The maximum atomic E-state index is 11.4. The van der Waals surface area contributed by atoms with Crippen LogP contribution in [0.5, 0.6) is 0 Å². The minimum atomic E-state index is -0.188. The molecule has 11 heteroatoms. The lowest BCUT2D eigenvalue weighted by atomic mass is 10.4. The monoisotopic (exact) mass is 435 g/mol. The van der Waals surface area contributed by atoms with Gasteiger partial charge in [0.25, 0.3) is 0 Å². The third-order valence-corrected chi connectivity index (χ3v) is 4.63. The fourth-order valence-corrected chi connectivity index (χ4v) is 2.90. The molecule has 0 aromatic rings. The van der Waals surface area contributed by atoms with Crippen molar-refractivity contribution in [3.8, 4) is 0 Å². The molecule has 0 saturated carbocycles. The van der Waals surface area contributed by atoms with E-state index in [-0.39, 0.29) is 36.0 Å². The van der Waals surface area contributed by atoms with Gasteiger partial charge in [0.05, 0.1) is 38.3 Å². The zero-order valence-corrected chi connectivity index (χ0v) is 18.0. The molecule has 1 unspecified atom stereocenters. The third-order valence-electron chi connectivity index (χ3n) is 3.69. The van der Waals surface area contributed by atoms with Crippen LogP contribution in [0.1, 0.15) is 26.2 Å². The van der Waals surface area contributed by atoms with E-state index in [9.17, 15) is 19.2 Å². The van der Waals surface area contributed by atoms with Crippen LogP contribution in [0.2, 0.25) is 0 Å². The standard InChI is InChI=1S/C10H20N2O5.C8H13NO2S/c13-4-1-10(15)12-3-6-17-8-7-16-5-2-11-9-14;1-3-4-9-7(10)5-6(12-2)8(9)11/h9,13H,1-8H2,(H,11,14)(H,12,15);6H,3-5H2,1-2H3. The highest BCUT2D eigenvalue weighted by Gasteiger charge is 2.37. The zero-order chi connectivity index (χ0) is 21.9. The van der Waals surface area contributed by atoms with Gasteiger partial charge in [0.15, 0.2) is 0 Å². The Morgan fingerprint density at radius 3 is 2.41 bits per heavy atom. The molecule has 1 rings (SSSR count). The molecule has 1 heterocycles. The van der Waals surface area contributed by atoms with Crippen LogP contribution in [0.3, 0.4) is 0 Å². The molecule has 29 heavy (non-hydrogen) atoms. The Hall–Kier alpha value is -1.69. The van der Waals surface area contributed by atoms with E-state index in [0.29, 0.717) is 58.9 Å². The molecule has 0 spiro atoms. The van der Waals surface area contributed by atoms with E-state index < -0.39 is 0 Å². The van der Waals surface area contributed by atoms with Gasteiger partial charge >= 0.3 is 0 Å². The van der Waals surface area contributed by atoms with Crippen LogP contribution in [-0.4, -0.2) is 98.3 Å². The molecular formula is C18H33N3O7S. The Labute approximate surface area is 176 Å². The highest BCUT2D eigenvalue weighted by atomic mass is 32.2. The second-order valence-corrected chi connectivity index (χ2v) is 6.97. The summed E-state index contributed by atoms with van der Waals surface area (Å²) < 4.78 is 10.3. The summed E-state index contributed by atoms with van der Waals surface area (Å²) in [6, 6.07) is 0. The number of rotatable bonds is 15. The largest absolute Gasteiger partial charge is 0.396 e. The molecule has 0 aromatic carbocycles. The van der Waals surface area contributed by atoms with Crippen molar-refractivity contribution in [3.05, 3.63) is 0 Å². The Kier molecular flexibility index (Phi) is 17.3. The molecule has 0 aromatic heterocycles. The lowest BCUT2D eigenvalue weighted by molar-refractivity contribution is -0.138. The second kappa shape index (κ2) is 18.3. The molecular weight excluding hydrogens is 402 g/mol. The van der Waals surface area contributed by atoms with Crippen LogP contribution in [0.25, 0.3) is 0 Å². The SMILES string of the molecule is CCCN1C(=O)CC(SC)C1=O.O=CNCCOCCOCCNC(=O)CCO. The number of thioether (sulfide) groups is 1. The van der Waals surface area contributed by atoms with Gasteiger partial charge in [-0.15, -0.1) is 0 Å². The molecule has 4 amide bonds. The van der Waals surface area contributed by atoms with E-state index in [1.807, 2.05) is 13.2 Å². The van der Waals surface area contributed by atoms with Gasteiger partial charge in [0.1, 0.15) is 0 Å². The maximum Gasteiger partial charge on any atom is 0.242 e. The summed E-state index contributed by atoms with van der Waals surface area (Å²) in [4.78, 5) is 44.8. The first-order valence-corrected chi connectivity index (χ1v) is 10.9. The highest BCUT2D eigenvalue weighted by Crippen LogP contribution is 2.22. The molecule has 1 saturated heterocycles. The molecule has 3 N–H and O–H groups in total. The molecule has 168 valence electrons. The van der Waals surface area contributed by atoms with Gasteiger partial charge in [-0.3, -0.25) is 24.1 Å². The summed E-state index contributed by atoms with van der Waals surface area (Å²) >= 11 is 1.46. The van der Waals surface area contributed by atoms with E-state index >= 15 is 0 Å². The normalized spacial score (nSPS) is 15.7. The minimum Gasteiger partial charge on any atom is -0.396 e. The molecule has 0 aliphatic carbocycles. The average molecular weight is 436 g/mol. The number of likely N-dealkylation sites (tertiary alicyclic amines) is 1. The minimum absolute atomic E-state index is 0.00523. The molecule has 1 aliphatic heterocycles. The molecule has 0 bridgehead atoms. The predicted molar refractivity (Wildman–Crippen MR) is 109 cm³/mol. The van der Waals surface area contributed by atoms with E-state index in [1.54, 1.807) is 0 Å². The number of amides is 4. The van der Waals surface area contributed by atoms with E-state index in [0.717, 1.165) is 6.42 Å². The van der Waals surface area contributed by atoms with Crippen molar-refractivity contribution in [2.75, 3.05) is 58.9 Å². The number of hydrogen-bond acceptors (Lipinski definition) is 8. The van der Waals surface area contributed by atoms with Crippen LogP contribution < -0.4 is 10.6 Å². The fraction of sp³-hybridized carbons (Fsp3) is 0.778. The highest BCUT2D eigenvalue weighted by molar-refractivity contribution is 8.00. The van der Waals surface area contributed by atoms with Crippen molar-refractivity contribution in [2.24, 2.45) is 0 Å². The van der Waals surface area contributed by atoms with Gasteiger partial charge in [0.2, 0.25) is 24.1 Å². The Morgan fingerprint density at radius 1 is 1.24 bits per heavy atom. The van der Waals surface area contributed by atoms with Gasteiger partial charge in [-0.2, -0.15) is 11.8 Å². The Bertz CT molecular complexity index is 494. The lowest BCUT2D eigenvalue weighted by Crippen LogP contribution is -2.31. The van der Waals surface area contributed by atoms with Crippen LogP contribution in [0.4, 0.5) is 0 Å². The first-order chi connectivity index (χ1) is 14.0. The number of carbonyl (C=O) groups excluding carboxylic acids is 4. The van der Waals surface area contributed by atoms with Crippen LogP contribution in [0, 0.1) is 0 Å². The Morgan fingerprint density at radius 2 is 1.90 bits per heavy atom. The summed E-state index contributed by atoms with van der Waals surface area (Å²) in [5.74, 6) is -0.206. The quantitative estimate of drug-likeness (QED) is 0.172. The first kappa shape index (κ1) is 27.3. The number of aliphatic hydroxyl groups is 1. The van der Waals surface area contributed by atoms with E-state index in [2.05, 4.69) is 10.6 Å². The van der Waals surface area contributed by atoms with Crippen LogP contribution in [-0.2, 0) is 28.7 Å². The van der Waals surface area contributed by atoms with E-state index in [1.165, 1.54) is 16.7 Å². The van der Waals surface area contributed by atoms with E-state index in [4.69, 9.17) is 14.6 Å². The van der Waals surface area contributed by atoms with Crippen molar-refractivity contribution >= 4 is 35.9 Å². The smallest absolute Gasteiger partial charge is 0.242 e. The van der Waals surface area contributed by atoms with Crippen molar-refractivity contribution in [3.63, 3.8) is 0 Å². The van der Waals surface area contributed by atoms with Crippen LogP contribution in [0.15, 0.2) is 0 Å². The number of ether oxygens (including phenoxy) is 2. The summed E-state index contributed by atoms with van der Waals surface area (Å²) in [6.45, 7) is 5.06. The molecule has 0 radical (unpaired) electrons. The molecule has 1 atom stereocenters. The lowest BCUT2D eigenvalue weighted by Gasteiger charge is -2.12. The summed E-state index contributed by atoms with van der Waals surface area (Å²) in [6.07, 6.45) is 3.84. The summed E-state index contributed by atoms with van der Waals surface area (Å²) in [5.41, 5.74) is 0. The number of nitrogens with one attached hydrogen (secondary N) is 2. The van der Waals surface area contributed by atoms with Crippen molar-refractivity contribution < 1.29 is 33.8 Å². The number of aliphatic hydroxyl groups excluding tert-OH is 1. The number of nitrogens with zero attached hydrogens (tertiary/aromatic N) is 1. The fourth-order valence-electron chi connectivity index (χ4n) is 2.26. The zero-order valence-electron chi connectivity index (χ0n) is 17.2. The number of imide groups is 1. The van der Waals surface area contributed by atoms with Gasteiger partial charge < -0.3 is 25.2 Å².